The van der Waals surface area contributed by atoms with Crippen LogP contribution in [0, 0.1) is 0 Å². The Morgan fingerprint density at radius 3 is 2.79 bits per heavy atom. The molecule has 24 heavy (non-hydrogen) atoms. The van der Waals surface area contributed by atoms with Gasteiger partial charge in [-0.15, -0.1) is 0 Å². The van der Waals surface area contributed by atoms with Crippen molar-refractivity contribution >= 4 is 5.96 Å². The van der Waals surface area contributed by atoms with E-state index < -0.39 is 0 Å². The van der Waals surface area contributed by atoms with Gasteiger partial charge in [-0.1, -0.05) is 12.8 Å². The van der Waals surface area contributed by atoms with E-state index in [1.165, 1.54) is 58.2 Å². The third kappa shape index (κ3) is 7.86. The minimum absolute atomic E-state index is 0.842. The lowest BCUT2D eigenvalue weighted by molar-refractivity contribution is 0.224. The van der Waals surface area contributed by atoms with Gasteiger partial charge >= 0.3 is 0 Å². The predicted octanol–water partition coefficient (Wildman–Crippen LogP) is 3.03. The van der Waals surface area contributed by atoms with Gasteiger partial charge in [-0.2, -0.15) is 0 Å². The third-order valence-corrected chi connectivity index (χ3v) is 4.44. The van der Waals surface area contributed by atoms with Crippen LogP contribution < -0.4 is 10.6 Å². The Labute approximate surface area is 146 Å². The van der Waals surface area contributed by atoms with Crippen molar-refractivity contribution in [1.29, 1.82) is 0 Å². The molecular formula is C19H34N4O. The molecule has 0 radical (unpaired) electrons. The van der Waals surface area contributed by atoms with Crippen molar-refractivity contribution in [2.75, 3.05) is 39.3 Å². The molecule has 1 aromatic heterocycles. The topological polar surface area (TPSA) is 52.8 Å². The molecule has 1 saturated heterocycles. The molecule has 0 saturated carbocycles. The van der Waals surface area contributed by atoms with Crippen LogP contribution in [0.25, 0.3) is 0 Å². The number of unbranched alkanes of at least 4 members (excludes halogenated alkanes) is 2. The first-order valence-corrected chi connectivity index (χ1v) is 9.65. The molecule has 0 bridgehead atoms. The van der Waals surface area contributed by atoms with Crippen LogP contribution >= 0.6 is 0 Å². The second-order valence-corrected chi connectivity index (χ2v) is 6.48. The molecule has 0 atom stereocenters. The molecule has 1 fully saturated rings. The van der Waals surface area contributed by atoms with Crippen molar-refractivity contribution in [3.63, 3.8) is 0 Å². The summed E-state index contributed by atoms with van der Waals surface area (Å²) >= 11 is 0. The molecule has 1 aromatic rings. The molecule has 0 aliphatic carbocycles. The van der Waals surface area contributed by atoms with Crippen molar-refractivity contribution in [1.82, 2.24) is 15.5 Å². The number of likely N-dealkylation sites (tertiary alicyclic amines) is 1. The summed E-state index contributed by atoms with van der Waals surface area (Å²) in [5, 5.41) is 6.68. The van der Waals surface area contributed by atoms with Gasteiger partial charge in [0.15, 0.2) is 5.96 Å². The van der Waals surface area contributed by atoms with E-state index >= 15 is 0 Å². The summed E-state index contributed by atoms with van der Waals surface area (Å²) in [7, 11) is 0. The minimum Gasteiger partial charge on any atom is -0.469 e. The molecule has 0 aromatic carbocycles. The fourth-order valence-electron chi connectivity index (χ4n) is 3.10. The summed E-state index contributed by atoms with van der Waals surface area (Å²) in [6.45, 7) is 8.62. The Bertz CT molecular complexity index is 438. The van der Waals surface area contributed by atoms with E-state index in [-0.39, 0.29) is 0 Å². The first-order valence-electron chi connectivity index (χ1n) is 9.65. The van der Waals surface area contributed by atoms with E-state index in [0.717, 1.165) is 37.8 Å². The predicted molar refractivity (Wildman–Crippen MR) is 101 cm³/mol. The number of hydrogen-bond acceptors (Lipinski definition) is 3. The summed E-state index contributed by atoms with van der Waals surface area (Å²) in [4.78, 5) is 7.28. The van der Waals surface area contributed by atoms with Gasteiger partial charge in [0.2, 0.25) is 0 Å². The average Bonchev–Trinajstić information content (AvgIpc) is 3.12. The minimum atomic E-state index is 0.842. The molecule has 2 rings (SSSR count). The van der Waals surface area contributed by atoms with Crippen LogP contribution in [0.2, 0.25) is 0 Å². The van der Waals surface area contributed by atoms with Gasteiger partial charge in [0.1, 0.15) is 5.76 Å². The monoisotopic (exact) mass is 334 g/mol. The van der Waals surface area contributed by atoms with Gasteiger partial charge in [0.05, 0.1) is 6.26 Å². The highest BCUT2D eigenvalue weighted by molar-refractivity contribution is 5.79. The van der Waals surface area contributed by atoms with Crippen LogP contribution in [0.3, 0.4) is 0 Å². The summed E-state index contributed by atoms with van der Waals surface area (Å²) in [5.41, 5.74) is 0. The smallest absolute Gasteiger partial charge is 0.191 e. The first-order chi connectivity index (χ1) is 11.9. The standard InChI is InChI=1S/C19H34N4O/c1-2-20-19(22-13-11-18-10-9-17-24-18)21-12-5-3-6-14-23-15-7-4-8-16-23/h9-10,17H,2-8,11-16H2,1H3,(H2,20,21,22). The average molecular weight is 335 g/mol. The van der Waals surface area contributed by atoms with Crippen molar-refractivity contribution in [3.8, 4) is 0 Å². The largest absolute Gasteiger partial charge is 0.469 e. The Kier molecular flexibility index (Phi) is 9.39. The number of rotatable bonds is 10. The van der Waals surface area contributed by atoms with Gasteiger partial charge in [-0.3, -0.25) is 4.99 Å². The zero-order chi connectivity index (χ0) is 16.9. The highest BCUT2D eigenvalue weighted by Gasteiger charge is 2.08. The molecule has 5 heteroatoms. The highest BCUT2D eigenvalue weighted by atomic mass is 16.3. The van der Waals surface area contributed by atoms with E-state index in [0.29, 0.717) is 0 Å². The number of hydrogen-bond donors (Lipinski definition) is 2. The van der Waals surface area contributed by atoms with Crippen LogP contribution in [-0.2, 0) is 6.42 Å². The Morgan fingerprint density at radius 2 is 2.04 bits per heavy atom. The molecule has 1 aliphatic rings. The Balaban J connectivity index is 1.54. The number of nitrogens with zero attached hydrogens (tertiary/aromatic N) is 2. The van der Waals surface area contributed by atoms with Gasteiger partial charge < -0.3 is 20.0 Å². The molecule has 0 amide bonds. The zero-order valence-corrected chi connectivity index (χ0v) is 15.2. The van der Waals surface area contributed by atoms with Crippen LogP contribution in [0.5, 0.6) is 0 Å². The molecule has 1 aliphatic heterocycles. The van der Waals surface area contributed by atoms with Crippen molar-refractivity contribution in [2.45, 2.75) is 51.9 Å². The van der Waals surface area contributed by atoms with E-state index in [2.05, 4.69) is 27.4 Å². The SMILES string of the molecule is CCNC(=NCCCCCN1CCCCC1)NCCc1ccco1. The van der Waals surface area contributed by atoms with Gasteiger partial charge in [0.25, 0.3) is 0 Å². The molecule has 136 valence electrons. The fraction of sp³-hybridized carbons (Fsp3) is 0.737. The third-order valence-electron chi connectivity index (χ3n) is 4.44. The maximum Gasteiger partial charge on any atom is 0.191 e. The molecule has 5 nitrogen and oxygen atoms in total. The molecule has 0 unspecified atom stereocenters. The summed E-state index contributed by atoms with van der Waals surface area (Å²) < 4.78 is 5.35. The number of furan rings is 1. The normalized spacial score (nSPS) is 16.3. The number of nitrogens with one attached hydrogen (secondary N) is 2. The van der Waals surface area contributed by atoms with Gasteiger partial charge in [0, 0.05) is 26.1 Å². The zero-order valence-electron chi connectivity index (χ0n) is 15.2. The van der Waals surface area contributed by atoms with Crippen molar-refractivity contribution < 1.29 is 4.42 Å². The van der Waals surface area contributed by atoms with Crippen molar-refractivity contribution in [3.05, 3.63) is 24.2 Å². The Hall–Kier alpha value is -1.49. The molecule has 0 spiro atoms. The highest BCUT2D eigenvalue weighted by Crippen LogP contribution is 2.09. The van der Waals surface area contributed by atoms with Crippen LogP contribution in [0.15, 0.2) is 27.8 Å². The van der Waals surface area contributed by atoms with E-state index in [4.69, 9.17) is 4.42 Å². The number of guanidine groups is 1. The summed E-state index contributed by atoms with van der Waals surface area (Å²) in [6, 6.07) is 3.94. The van der Waals surface area contributed by atoms with E-state index in [1.807, 2.05) is 12.1 Å². The maximum absolute atomic E-state index is 5.35. The number of aliphatic imine (C=N–C) groups is 1. The second-order valence-electron chi connectivity index (χ2n) is 6.48. The van der Waals surface area contributed by atoms with Gasteiger partial charge in [-0.05, 0) is 64.4 Å². The number of piperidine rings is 1. The lowest BCUT2D eigenvalue weighted by Gasteiger charge is -2.26. The second kappa shape index (κ2) is 12.0. The molecule has 2 N–H and O–H groups in total. The Morgan fingerprint density at radius 1 is 1.17 bits per heavy atom. The molecule has 2 heterocycles. The van der Waals surface area contributed by atoms with Crippen LogP contribution in [0.4, 0.5) is 0 Å². The lowest BCUT2D eigenvalue weighted by Crippen LogP contribution is -2.38. The van der Waals surface area contributed by atoms with E-state index in [9.17, 15) is 0 Å². The van der Waals surface area contributed by atoms with Gasteiger partial charge in [-0.25, -0.2) is 0 Å². The van der Waals surface area contributed by atoms with Crippen LogP contribution in [0.1, 0.15) is 51.2 Å². The first kappa shape index (κ1) is 18.8. The summed E-state index contributed by atoms with van der Waals surface area (Å²) in [6.07, 6.45) is 10.5. The lowest BCUT2D eigenvalue weighted by atomic mass is 10.1. The van der Waals surface area contributed by atoms with Crippen molar-refractivity contribution in [2.24, 2.45) is 4.99 Å². The fourth-order valence-corrected chi connectivity index (χ4v) is 3.10. The molecular weight excluding hydrogens is 300 g/mol. The summed E-state index contributed by atoms with van der Waals surface area (Å²) in [5.74, 6) is 1.93. The maximum atomic E-state index is 5.35. The van der Waals surface area contributed by atoms with E-state index in [1.54, 1.807) is 6.26 Å². The van der Waals surface area contributed by atoms with Crippen LogP contribution in [-0.4, -0.2) is 50.1 Å². The quantitative estimate of drug-likeness (QED) is 0.392.